The lowest BCUT2D eigenvalue weighted by atomic mass is 9.95. The Hall–Kier alpha value is -2.41. The van der Waals surface area contributed by atoms with Gasteiger partial charge in [-0.2, -0.15) is 5.10 Å². The number of carbonyl (C=O) groups is 1. The van der Waals surface area contributed by atoms with Crippen LogP contribution in [0.15, 0.2) is 15.3 Å². The van der Waals surface area contributed by atoms with Crippen molar-refractivity contribution in [3.63, 3.8) is 0 Å². The minimum absolute atomic E-state index is 0.0511. The smallest absolute Gasteiger partial charge is 0.349 e. The average molecular weight is 344 g/mol. The highest BCUT2D eigenvalue weighted by Crippen LogP contribution is 2.24. The van der Waals surface area contributed by atoms with Gasteiger partial charge in [0.1, 0.15) is 11.3 Å². The first-order valence-corrected chi connectivity index (χ1v) is 8.55. The second-order valence-electron chi connectivity index (χ2n) is 6.66. The number of piperidine rings is 1. The summed E-state index contributed by atoms with van der Waals surface area (Å²) >= 11 is 0. The normalized spacial score (nSPS) is 17.5. The van der Waals surface area contributed by atoms with E-state index in [0.29, 0.717) is 22.7 Å². The fraction of sp³-hybridized carbons (Fsp3) is 0.500. The van der Waals surface area contributed by atoms with E-state index in [9.17, 15) is 9.59 Å². The van der Waals surface area contributed by atoms with Crippen molar-refractivity contribution in [2.45, 2.75) is 39.5 Å². The minimum atomic E-state index is -0.586. The maximum Gasteiger partial charge on any atom is 0.349 e. The van der Waals surface area contributed by atoms with E-state index in [2.05, 4.69) is 15.7 Å². The van der Waals surface area contributed by atoms with Crippen LogP contribution in [0.1, 0.15) is 51.8 Å². The van der Waals surface area contributed by atoms with Gasteiger partial charge >= 0.3 is 5.63 Å². The summed E-state index contributed by atoms with van der Waals surface area (Å²) in [6, 6.07) is 1.82. The standard InChI is InChI=1S/C18H24N4O3/c1-10-8-14(13-6-5-7-19-9-13)25-18(24)15(10)17(23)20-16-11(2)21-22(4)12(16)3/h8,13,19H,5-7,9H2,1-4H3,(H,20,23). The number of nitrogens with one attached hydrogen (secondary N) is 2. The fourth-order valence-corrected chi connectivity index (χ4v) is 3.33. The van der Waals surface area contributed by atoms with Gasteiger partial charge in [-0.05, 0) is 51.8 Å². The van der Waals surface area contributed by atoms with Crippen LogP contribution in [-0.4, -0.2) is 28.8 Å². The molecule has 0 bridgehead atoms. The topological polar surface area (TPSA) is 89.2 Å². The van der Waals surface area contributed by atoms with Crippen molar-refractivity contribution < 1.29 is 9.21 Å². The third-order valence-corrected chi connectivity index (χ3v) is 4.84. The maximum atomic E-state index is 12.6. The van der Waals surface area contributed by atoms with E-state index in [-0.39, 0.29) is 11.5 Å². The van der Waals surface area contributed by atoms with Crippen molar-refractivity contribution in [3.8, 4) is 0 Å². The third kappa shape index (κ3) is 3.37. The molecule has 0 spiro atoms. The second kappa shape index (κ2) is 6.84. The first kappa shape index (κ1) is 17.4. The lowest BCUT2D eigenvalue weighted by Gasteiger charge is -2.22. The second-order valence-corrected chi connectivity index (χ2v) is 6.66. The number of rotatable bonds is 3. The highest BCUT2D eigenvalue weighted by molar-refractivity contribution is 6.05. The van der Waals surface area contributed by atoms with E-state index in [1.807, 2.05) is 27.0 Å². The third-order valence-electron chi connectivity index (χ3n) is 4.84. The summed E-state index contributed by atoms with van der Waals surface area (Å²) in [5.41, 5.74) is 2.27. The van der Waals surface area contributed by atoms with Gasteiger partial charge < -0.3 is 15.1 Å². The van der Waals surface area contributed by atoms with Gasteiger partial charge in [-0.15, -0.1) is 0 Å². The number of anilines is 1. The monoisotopic (exact) mass is 344 g/mol. The summed E-state index contributed by atoms with van der Waals surface area (Å²) in [4.78, 5) is 25.1. The first-order chi connectivity index (χ1) is 11.9. The van der Waals surface area contributed by atoms with Crippen LogP contribution in [0.2, 0.25) is 0 Å². The molecule has 134 valence electrons. The van der Waals surface area contributed by atoms with Crippen LogP contribution in [0.3, 0.4) is 0 Å². The summed E-state index contributed by atoms with van der Waals surface area (Å²) < 4.78 is 7.17. The maximum absolute atomic E-state index is 12.6. The van der Waals surface area contributed by atoms with Crippen LogP contribution >= 0.6 is 0 Å². The van der Waals surface area contributed by atoms with Crippen molar-refractivity contribution in [3.05, 3.63) is 44.8 Å². The fourth-order valence-electron chi connectivity index (χ4n) is 3.33. The molecule has 1 fully saturated rings. The van der Waals surface area contributed by atoms with Crippen molar-refractivity contribution in [1.29, 1.82) is 0 Å². The Balaban J connectivity index is 1.89. The molecule has 7 nitrogen and oxygen atoms in total. The Morgan fingerprint density at radius 1 is 1.40 bits per heavy atom. The zero-order valence-corrected chi connectivity index (χ0v) is 15.1. The Kier molecular flexibility index (Phi) is 4.76. The summed E-state index contributed by atoms with van der Waals surface area (Å²) in [6.45, 7) is 7.24. The molecular weight excluding hydrogens is 320 g/mol. The van der Waals surface area contributed by atoms with Crippen LogP contribution in [-0.2, 0) is 7.05 Å². The van der Waals surface area contributed by atoms with E-state index in [4.69, 9.17) is 4.42 Å². The number of hydrogen-bond acceptors (Lipinski definition) is 5. The Morgan fingerprint density at radius 3 is 2.72 bits per heavy atom. The van der Waals surface area contributed by atoms with Gasteiger partial charge in [-0.25, -0.2) is 4.79 Å². The predicted octanol–water partition coefficient (Wildman–Crippen LogP) is 2.02. The molecule has 1 unspecified atom stereocenters. The average Bonchev–Trinajstić information content (AvgIpc) is 2.81. The first-order valence-electron chi connectivity index (χ1n) is 8.55. The molecule has 0 radical (unpaired) electrons. The van der Waals surface area contributed by atoms with Gasteiger partial charge in [0, 0.05) is 19.5 Å². The molecule has 7 heteroatoms. The molecule has 1 saturated heterocycles. The lowest BCUT2D eigenvalue weighted by Crippen LogP contribution is -2.30. The molecule has 1 amide bonds. The van der Waals surface area contributed by atoms with Crippen LogP contribution in [0.4, 0.5) is 5.69 Å². The molecule has 3 heterocycles. The van der Waals surface area contributed by atoms with Gasteiger partial charge in [0.25, 0.3) is 5.91 Å². The van der Waals surface area contributed by atoms with Crippen molar-refractivity contribution in [2.75, 3.05) is 18.4 Å². The van der Waals surface area contributed by atoms with Gasteiger partial charge in [0.2, 0.25) is 0 Å². The summed E-state index contributed by atoms with van der Waals surface area (Å²) in [5.74, 6) is 0.374. The molecule has 2 N–H and O–H groups in total. The zero-order chi connectivity index (χ0) is 18.1. The SMILES string of the molecule is Cc1cc(C2CCCNC2)oc(=O)c1C(=O)Nc1c(C)nn(C)c1C. The van der Waals surface area contributed by atoms with E-state index < -0.39 is 11.5 Å². The zero-order valence-electron chi connectivity index (χ0n) is 15.1. The van der Waals surface area contributed by atoms with E-state index in [1.54, 1.807) is 11.6 Å². The van der Waals surface area contributed by atoms with Crippen LogP contribution in [0.25, 0.3) is 0 Å². The van der Waals surface area contributed by atoms with Crippen molar-refractivity contribution >= 4 is 11.6 Å². The molecule has 2 aromatic rings. The summed E-state index contributed by atoms with van der Waals surface area (Å²) in [5, 5.41) is 10.4. The highest BCUT2D eigenvalue weighted by atomic mass is 16.4. The molecule has 1 atom stereocenters. The number of carbonyl (C=O) groups excluding carboxylic acids is 1. The Morgan fingerprint density at radius 2 is 2.16 bits per heavy atom. The highest BCUT2D eigenvalue weighted by Gasteiger charge is 2.23. The Labute approximate surface area is 146 Å². The Bertz CT molecular complexity index is 860. The van der Waals surface area contributed by atoms with Crippen LogP contribution < -0.4 is 16.3 Å². The molecule has 3 rings (SSSR count). The van der Waals surface area contributed by atoms with Crippen molar-refractivity contribution in [2.24, 2.45) is 7.05 Å². The molecule has 2 aromatic heterocycles. The summed E-state index contributed by atoms with van der Waals surface area (Å²) in [7, 11) is 1.81. The largest absolute Gasteiger partial charge is 0.427 e. The van der Waals surface area contributed by atoms with Gasteiger partial charge in [-0.3, -0.25) is 9.48 Å². The molecular formula is C18H24N4O3. The number of hydrogen-bond donors (Lipinski definition) is 2. The summed E-state index contributed by atoms with van der Waals surface area (Å²) in [6.07, 6.45) is 2.03. The predicted molar refractivity (Wildman–Crippen MR) is 95.2 cm³/mol. The molecule has 1 aliphatic heterocycles. The minimum Gasteiger partial charge on any atom is -0.427 e. The van der Waals surface area contributed by atoms with E-state index >= 15 is 0 Å². The lowest BCUT2D eigenvalue weighted by molar-refractivity contribution is 0.102. The van der Waals surface area contributed by atoms with Crippen LogP contribution in [0.5, 0.6) is 0 Å². The van der Waals surface area contributed by atoms with E-state index in [1.165, 1.54) is 0 Å². The molecule has 0 saturated carbocycles. The van der Waals surface area contributed by atoms with Crippen LogP contribution in [0, 0.1) is 20.8 Å². The molecule has 1 aliphatic rings. The number of aromatic nitrogens is 2. The van der Waals surface area contributed by atoms with Crippen molar-refractivity contribution in [1.82, 2.24) is 15.1 Å². The quantitative estimate of drug-likeness (QED) is 0.889. The number of amides is 1. The van der Waals surface area contributed by atoms with Gasteiger partial charge in [0.05, 0.1) is 17.1 Å². The van der Waals surface area contributed by atoms with Gasteiger partial charge in [0.15, 0.2) is 0 Å². The van der Waals surface area contributed by atoms with Gasteiger partial charge in [-0.1, -0.05) is 0 Å². The number of aryl methyl sites for hydroxylation is 3. The number of nitrogens with zero attached hydrogens (tertiary/aromatic N) is 2. The molecule has 0 aliphatic carbocycles. The molecule has 0 aromatic carbocycles. The molecule has 25 heavy (non-hydrogen) atoms. The van der Waals surface area contributed by atoms with E-state index in [0.717, 1.165) is 31.6 Å².